The lowest BCUT2D eigenvalue weighted by atomic mass is 9.87. The monoisotopic (exact) mass is 503 g/mol. The second kappa shape index (κ2) is 8.03. The first-order valence-corrected chi connectivity index (χ1v) is 12.3. The van der Waals surface area contributed by atoms with Gasteiger partial charge in [-0.2, -0.15) is 5.10 Å². The van der Waals surface area contributed by atoms with Gasteiger partial charge in [-0.05, 0) is 43.7 Å². The van der Waals surface area contributed by atoms with Crippen molar-refractivity contribution in [3.63, 3.8) is 0 Å². The van der Waals surface area contributed by atoms with Gasteiger partial charge in [0.1, 0.15) is 29.0 Å². The van der Waals surface area contributed by atoms with Crippen LogP contribution in [0.5, 0.6) is 0 Å². The van der Waals surface area contributed by atoms with E-state index >= 15 is 0 Å². The van der Waals surface area contributed by atoms with Crippen molar-refractivity contribution in [3.05, 3.63) is 59.3 Å². The molecule has 37 heavy (non-hydrogen) atoms. The topological polar surface area (TPSA) is 97.6 Å². The van der Waals surface area contributed by atoms with E-state index in [2.05, 4.69) is 39.5 Å². The largest absolute Gasteiger partial charge is 0.369 e. The van der Waals surface area contributed by atoms with Crippen LogP contribution in [0.15, 0.2) is 36.5 Å². The molecule has 0 bridgehead atoms. The number of benzene rings is 1. The van der Waals surface area contributed by atoms with Gasteiger partial charge in [0.25, 0.3) is 0 Å². The van der Waals surface area contributed by atoms with Crippen LogP contribution in [0, 0.1) is 23.0 Å². The van der Waals surface area contributed by atoms with Gasteiger partial charge in [0.05, 0.1) is 29.1 Å². The minimum absolute atomic E-state index is 0.0956. The van der Waals surface area contributed by atoms with E-state index in [9.17, 15) is 13.6 Å². The maximum atomic E-state index is 14.4. The van der Waals surface area contributed by atoms with Crippen LogP contribution in [0.3, 0.4) is 0 Å². The fourth-order valence-corrected chi connectivity index (χ4v) is 5.00. The van der Waals surface area contributed by atoms with E-state index in [0.29, 0.717) is 52.0 Å². The summed E-state index contributed by atoms with van der Waals surface area (Å²) < 4.78 is 30.2. The van der Waals surface area contributed by atoms with E-state index in [0.717, 1.165) is 12.6 Å². The van der Waals surface area contributed by atoms with Gasteiger partial charge in [-0.15, -0.1) is 0 Å². The van der Waals surface area contributed by atoms with Crippen molar-refractivity contribution in [2.75, 3.05) is 17.2 Å². The molecule has 8 nitrogen and oxygen atoms in total. The van der Waals surface area contributed by atoms with Gasteiger partial charge in [0, 0.05) is 12.1 Å². The van der Waals surface area contributed by atoms with E-state index in [1.54, 1.807) is 18.2 Å². The molecule has 1 aromatic carbocycles. The number of halogens is 2. The highest BCUT2D eigenvalue weighted by atomic mass is 19.1. The summed E-state index contributed by atoms with van der Waals surface area (Å²) in [6.45, 7) is 8.92. The molecule has 190 valence electrons. The summed E-state index contributed by atoms with van der Waals surface area (Å²) in [6.07, 6.45) is 2.21. The standard InChI is InChI=1S/C27H27F2N7O/c1-26(2)10-15(26)11-30-21-19-22(34-25(37)27(19,3)4)33-23(32-21)20-17-9-16(28)12-31-24(17)36(35-20)13-14-7-5-6-8-18(14)29/h5-9,12,15H,10-11,13H2,1-4H3,(H2,30,32,33,34,37). The molecule has 1 saturated carbocycles. The Morgan fingerprint density at radius 1 is 1.16 bits per heavy atom. The van der Waals surface area contributed by atoms with Crippen LogP contribution in [-0.2, 0) is 16.8 Å². The average molecular weight is 504 g/mol. The number of hydrogen-bond donors (Lipinski definition) is 2. The molecule has 4 heterocycles. The van der Waals surface area contributed by atoms with Crippen molar-refractivity contribution in [1.29, 1.82) is 0 Å². The Bertz CT molecular complexity index is 1580. The van der Waals surface area contributed by atoms with Crippen molar-refractivity contribution in [2.45, 2.75) is 46.1 Å². The molecular formula is C27H27F2N7O. The minimum Gasteiger partial charge on any atom is -0.369 e. The second-order valence-corrected chi connectivity index (χ2v) is 11.1. The van der Waals surface area contributed by atoms with E-state index in [1.807, 2.05) is 13.8 Å². The third kappa shape index (κ3) is 3.91. The van der Waals surface area contributed by atoms with Crippen LogP contribution >= 0.6 is 0 Å². The van der Waals surface area contributed by atoms with Gasteiger partial charge in [-0.1, -0.05) is 32.0 Å². The molecule has 0 radical (unpaired) electrons. The summed E-state index contributed by atoms with van der Waals surface area (Å²) in [5.41, 5.74) is 1.23. The Labute approximate surface area is 212 Å². The smallest absolute Gasteiger partial charge is 0.235 e. The quantitative estimate of drug-likeness (QED) is 0.388. The lowest BCUT2D eigenvalue weighted by molar-refractivity contribution is -0.119. The minimum atomic E-state index is -0.824. The van der Waals surface area contributed by atoms with Crippen molar-refractivity contribution in [1.82, 2.24) is 24.7 Å². The molecule has 1 atom stereocenters. The summed E-state index contributed by atoms with van der Waals surface area (Å²) in [7, 11) is 0. The molecule has 1 aliphatic carbocycles. The normalized spacial score (nSPS) is 19.1. The zero-order chi connectivity index (χ0) is 26.1. The Kier molecular flexibility index (Phi) is 5.09. The molecule has 4 aromatic rings. The molecule has 2 N–H and O–H groups in total. The van der Waals surface area contributed by atoms with Crippen LogP contribution in [0.1, 0.15) is 45.2 Å². The Hall–Kier alpha value is -3.95. The van der Waals surface area contributed by atoms with E-state index in [-0.39, 0.29) is 29.5 Å². The molecule has 6 rings (SSSR count). The van der Waals surface area contributed by atoms with Crippen molar-refractivity contribution in [3.8, 4) is 11.5 Å². The Morgan fingerprint density at radius 3 is 2.65 bits per heavy atom. The summed E-state index contributed by atoms with van der Waals surface area (Å²) in [6, 6.07) is 7.72. The number of amides is 1. The van der Waals surface area contributed by atoms with E-state index < -0.39 is 11.2 Å². The third-order valence-corrected chi connectivity index (χ3v) is 7.61. The summed E-state index contributed by atoms with van der Waals surface area (Å²) in [5.74, 6) is 0.581. The first kappa shape index (κ1) is 23.4. The lowest BCUT2D eigenvalue weighted by Gasteiger charge is -2.19. The number of aromatic nitrogens is 5. The molecule has 1 aliphatic heterocycles. The predicted molar refractivity (Wildman–Crippen MR) is 136 cm³/mol. The number of carbonyl (C=O) groups excluding carboxylic acids is 1. The number of pyridine rings is 1. The molecule has 0 saturated heterocycles. The first-order valence-electron chi connectivity index (χ1n) is 12.3. The molecule has 1 amide bonds. The third-order valence-electron chi connectivity index (χ3n) is 7.61. The van der Waals surface area contributed by atoms with Gasteiger partial charge in [-0.3, -0.25) is 4.79 Å². The fraction of sp³-hybridized carbons (Fsp3) is 0.370. The Morgan fingerprint density at radius 2 is 1.92 bits per heavy atom. The zero-order valence-electron chi connectivity index (χ0n) is 21.1. The SMILES string of the molecule is CC1(C)C(=O)Nc2nc(-c3nn(Cc4ccccc4F)c4ncc(F)cc34)nc(NCC3CC3(C)C)c21. The van der Waals surface area contributed by atoms with Gasteiger partial charge in [0.15, 0.2) is 11.5 Å². The molecule has 3 aromatic heterocycles. The van der Waals surface area contributed by atoms with Crippen LogP contribution < -0.4 is 10.6 Å². The summed E-state index contributed by atoms with van der Waals surface area (Å²) in [5, 5.41) is 11.4. The van der Waals surface area contributed by atoms with Gasteiger partial charge in [-0.25, -0.2) is 28.4 Å². The summed E-state index contributed by atoms with van der Waals surface area (Å²) >= 11 is 0. The fourth-order valence-electron chi connectivity index (χ4n) is 5.00. The van der Waals surface area contributed by atoms with Crippen molar-refractivity contribution < 1.29 is 13.6 Å². The maximum absolute atomic E-state index is 14.4. The molecule has 0 spiro atoms. The number of hydrogen-bond acceptors (Lipinski definition) is 6. The number of nitrogens with zero attached hydrogens (tertiary/aromatic N) is 5. The highest BCUT2D eigenvalue weighted by Crippen LogP contribution is 2.52. The van der Waals surface area contributed by atoms with Gasteiger partial charge < -0.3 is 10.6 Å². The zero-order valence-corrected chi connectivity index (χ0v) is 21.1. The number of nitrogens with one attached hydrogen (secondary N) is 2. The van der Waals surface area contributed by atoms with E-state index in [1.165, 1.54) is 16.8 Å². The maximum Gasteiger partial charge on any atom is 0.235 e. The van der Waals surface area contributed by atoms with Gasteiger partial charge in [0.2, 0.25) is 5.91 Å². The van der Waals surface area contributed by atoms with Crippen LogP contribution in [0.25, 0.3) is 22.6 Å². The number of rotatable bonds is 6. The average Bonchev–Trinajstić information content (AvgIpc) is 3.19. The number of anilines is 2. The lowest BCUT2D eigenvalue weighted by Crippen LogP contribution is -2.28. The van der Waals surface area contributed by atoms with Gasteiger partial charge >= 0.3 is 0 Å². The molecule has 2 aliphatic rings. The summed E-state index contributed by atoms with van der Waals surface area (Å²) in [4.78, 5) is 26.4. The highest BCUT2D eigenvalue weighted by Gasteiger charge is 2.46. The molecule has 1 unspecified atom stereocenters. The van der Waals surface area contributed by atoms with Crippen LogP contribution in [0.2, 0.25) is 0 Å². The molecule has 1 fully saturated rings. The van der Waals surface area contributed by atoms with Crippen molar-refractivity contribution in [2.24, 2.45) is 11.3 Å². The first-order chi connectivity index (χ1) is 17.5. The van der Waals surface area contributed by atoms with E-state index in [4.69, 9.17) is 4.98 Å². The highest BCUT2D eigenvalue weighted by molar-refractivity contribution is 6.06. The number of carbonyl (C=O) groups is 1. The van der Waals surface area contributed by atoms with Crippen LogP contribution in [-0.4, -0.2) is 37.2 Å². The second-order valence-electron chi connectivity index (χ2n) is 11.1. The molecule has 10 heteroatoms. The molecular weight excluding hydrogens is 476 g/mol. The predicted octanol–water partition coefficient (Wildman–Crippen LogP) is 4.90. The van der Waals surface area contributed by atoms with Crippen molar-refractivity contribution >= 4 is 28.6 Å². The number of fused-ring (bicyclic) bond motifs is 2. The van der Waals surface area contributed by atoms with Crippen LogP contribution in [0.4, 0.5) is 20.4 Å². The Balaban J connectivity index is 1.48.